The second kappa shape index (κ2) is 5.39. The van der Waals surface area contributed by atoms with Crippen LogP contribution in [0.25, 0.3) is 0 Å². The number of benzene rings is 1. The molecular formula is C16H21NO4. The molecule has 0 fully saturated rings. The van der Waals surface area contributed by atoms with Gasteiger partial charge in [0.15, 0.2) is 11.4 Å². The second-order valence-electron chi connectivity index (χ2n) is 5.42. The molecule has 114 valence electrons. The Bertz CT molecular complexity index is 578. The molecule has 0 aliphatic carbocycles. The molecule has 0 spiro atoms. The highest BCUT2D eigenvalue weighted by Gasteiger charge is 2.47. The Labute approximate surface area is 124 Å². The van der Waals surface area contributed by atoms with Crippen molar-refractivity contribution in [2.75, 3.05) is 4.90 Å². The number of rotatable bonds is 4. The molecule has 1 aromatic carbocycles. The number of amides is 1. The summed E-state index contributed by atoms with van der Waals surface area (Å²) in [5.74, 6) is 0.213. The summed E-state index contributed by atoms with van der Waals surface area (Å²) >= 11 is 0. The summed E-state index contributed by atoms with van der Waals surface area (Å²) in [5.41, 5.74) is -0.456. The van der Waals surface area contributed by atoms with Crippen LogP contribution in [-0.4, -0.2) is 28.4 Å². The first-order valence-electron chi connectivity index (χ1n) is 7.22. The van der Waals surface area contributed by atoms with E-state index >= 15 is 0 Å². The third-order valence-corrected chi connectivity index (χ3v) is 4.23. The summed E-state index contributed by atoms with van der Waals surface area (Å²) in [4.78, 5) is 26.2. The van der Waals surface area contributed by atoms with E-state index in [1.807, 2.05) is 13.8 Å². The van der Waals surface area contributed by atoms with Crippen molar-refractivity contribution < 1.29 is 19.4 Å². The van der Waals surface area contributed by atoms with Crippen molar-refractivity contribution in [3.63, 3.8) is 0 Å². The molecule has 0 aromatic heterocycles. The minimum absolute atomic E-state index is 0.0691. The lowest BCUT2D eigenvalue weighted by molar-refractivity contribution is -0.138. The van der Waals surface area contributed by atoms with Crippen molar-refractivity contribution in [2.24, 2.45) is 0 Å². The van der Waals surface area contributed by atoms with E-state index in [1.165, 1.54) is 24.0 Å². The average molecular weight is 291 g/mol. The van der Waals surface area contributed by atoms with Gasteiger partial charge in [0.1, 0.15) is 11.5 Å². The van der Waals surface area contributed by atoms with E-state index in [0.717, 1.165) is 0 Å². The van der Waals surface area contributed by atoms with Gasteiger partial charge in [0.25, 0.3) is 5.91 Å². The predicted octanol–water partition coefficient (Wildman–Crippen LogP) is 2.65. The number of fused-ring (bicyclic) bond motifs is 1. The first kappa shape index (κ1) is 15.4. The van der Waals surface area contributed by atoms with Gasteiger partial charge in [0.2, 0.25) is 0 Å². The van der Waals surface area contributed by atoms with Gasteiger partial charge in [-0.3, -0.25) is 14.5 Å². The minimum Gasteiger partial charge on any atom is -0.508 e. The fraction of sp³-hybridized carbons (Fsp3) is 0.500. The number of nitrogens with zero attached hydrogens (tertiary/aromatic N) is 1. The van der Waals surface area contributed by atoms with Crippen LogP contribution in [0, 0.1) is 0 Å². The molecule has 5 heteroatoms. The zero-order chi connectivity index (χ0) is 15.8. The monoisotopic (exact) mass is 291 g/mol. The average Bonchev–Trinajstić information content (AvgIpc) is 2.46. The molecule has 1 heterocycles. The van der Waals surface area contributed by atoms with Gasteiger partial charge in [-0.2, -0.15) is 0 Å². The van der Waals surface area contributed by atoms with Gasteiger partial charge in [-0.1, -0.05) is 13.8 Å². The first-order chi connectivity index (χ1) is 9.86. The first-order valence-corrected chi connectivity index (χ1v) is 7.22. The zero-order valence-corrected chi connectivity index (χ0v) is 12.8. The molecule has 2 rings (SSSR count). The van der Waals surface area contributed by atoms with Crippen LogP contribution in [0.1, 0.15) is 40.5 Å². The highest BCUT2D eigenvalue weighted by Crippen LogP contribution is 2.43. The SMILES string of the molecule is CCC1(CC)Oc2cc(O)ccc2N(C(C)C(C)=O)C1=O. The Morgan fingerprint density at radius 1 is 1.38 bits per heavy atom. The van der Waals surface area contributed by atoms with Crippen molar-refractivity contribution in [2.45, 2.75) is 52.2 Å². The number of hydrogen-bond donors (Lipinski definition) is 1. The summed E-state index contributed by atoms with van der Waals surface area (Å²) in [6.45, 7) is 6.93. The van der Waals surface area contributed by atoms with E-state index < -0.39 is 11.6 Å². The number of anilines is 1. The van der Waals surface area contributed by atoms with E-state index in [1.54, 1.807) is 13.0 Å². The molecule has 0 saturated carbocycles. The normalized spacial score (nSPS) is 17.9. The molecule has 0 radical (unpaired) electrons. The molecule has 1 aliphatic heterocycles. The van der Waals surface area contributed by atoms with E-state index in [4.69, 9.17) is 4.74 Å². The highest BCUT2D eigenvalue weighted by atomic mass is 16.5. The lowest BCUT2D eigenvalue weighted by Gasteiger charge is -2.43. The van der Waals surface area contributed by atoms with Gasteiger partial charge < -0.3 is 9.84 Å². The summed E-state index contributed by atoms with van der Waals surface area (Å²) in [6, 6.07) is 4.02. The van der Waals surface area contributed by atoms with E-state index in [-0.39, 0.29) is 17.4 Å². The number of carbonyl (C=O) groups is 2. The van der Waals surface area contributed by atoms with Gasteiger partial charge in [-0.25, -0.2) is 0 Å². The largest absolute Gasteiger partial charge is 0.508 e. The number of carbonyl (C=O) groups excluding carboxylic acids is 2. The molecule has 1 aliphatic rings. The van der Waals surface area contributed by atoms with Crippen LogP contribution < -0.4 is 9.64 Å². The van der Waals surface area contributed by atoms with Crippen molar-refractivity contribution in [1.82, 2.24) is 0 Å². The molecule has 1 unspecified atom stereocenters. The number of ketones is 1. The molecule has 1 amide bonds. The summed E-state index contributed by atoms with van der Waals surface area (Å²) in [6.07, 6.45) is 0.997. The van der Waals surface area contributed by atoms with Crippen LogP contribution in [0.2, 0.25) is 0 Å². The number of phenols is 1. The molecule has 0 saturated heterocycles. The molecule has 1 atom stereocenters. The third-order valence-electron chi connectivity index (χ3n) is 4.23. The van der Waals surface area contributed by atoms with Gasteiger partial charge in [0, 0.05) is 6.07 Å². The fourth-order valence-electron chi connectivity index (χ4n) is 2.63. The third kappa shape index (κ3) is 2.37. The van der Waals surface area contributed by atoms with Gasteiger partial charge in [-0.15, -0.1) is 0 Å². The van der Waals surface area contributed by atoms with Gasteiger partial charge in [-0.05, 0) is 38.8 Å². The Hall–Kier alpha value is -2.04. The van der Waals surface area contributed by atoms with Crippen LogP contribution in [0.15, 0.2) is 18.2 Å². The standard InChI is InChI=1S/C16H21NO4/c1-5-16(6-2)15(20)17(10(3)11(4)18)13-8-7-12(19)9-14(13)21-16/h7-10,19H,5-6H2,1-4H3. The van der Waals surface area contributed by atoms with Crippen molar-refractivity contribution in [1.29, 1.82) is 0 Å². The van der Waals surface area contributed by atoms with Crippen LogP contribution in [0.4, 0.5) is 5.69 Å². The summed E-state index contributed by atoms with van der Waals surface area (Å²) in [5, 5.41) is 9.65. The molecule has 1 aromatic rings. The lowest BCUT2D eigenvalue weighted by atomic mass is 9.91. The quantitative estimate of drug-likeness (QED) is 0.926. The van der Waals surface area contributed by atoms with Crippen LogP contribution in [0.3, 0.4) is 0 Å². The maximum atomic E-state index is 12.9. The second-order valence-corrected chi connectivity index (χ2v) is 5.42. The number of aromatic hydroxyl groups is 1. The Balaban J connectivity index is 2.62. The number of Topliss-reactive ketones (excluding diaryl/α,β-unsaturated/α-hetero) is 1. The number of hydrogen-bond acceptors (Lipinski definition) is 4. The Morgan fingerprint density at radius 2 is 2.00 bits per heavy atom. The Morgan fingerprint density at radius 3 is 2.52 bits per heavy atom. The number of ether oxygens (including phenoxy) is 1. The van der Waals surface area contributed by atoms with Gasteiger partial charge in [0.05, 0.1) is 11.7 Å². The highest BCUT2D eigenvalue weighted by molar-refractivity contribution is 6.07. The van der Waals surface area contributed by atoms with Gasteiger partial charge >= 0.3 is 0 Å². The molecular weight excluding hydrogens is 270 g/mol. The summed E-state index contributed by atoms with van der Waals surface area (Å²) in [7, 11) is 0. The van der Waals surface area contributed by atoms with Crippen LogP contribution in [0.5, 0.6) is 11.5 Å². The molecule has 1 N–H and O–H groups in total. The molecule has 0 bridgehead atoms. The predicted molar refractivity (Wildman–Crippen MR) is 79.7 cm³/mol. The van der Waals surface area contributed by atoms with E-state index in [2.05, 4.69) is 0 Å². The van der Waals surface area contributed by atoms with E-state index in [9.17, 15) is 14.7 Å². The fourth-order valence-corrected chi connectivity index (χ4v) is 2.63. The van der Waals surface area contributed by atoms with Crippen molar-refractivity contribution >= 4 is 17.4 Å². The van der Waals surface area contributed by atoms with Crippen LogP contribution in [-0.2, 0) is 9.59 Å². The minimum atomic E-state index is -0.982. The summed E-state index contributed by atoms with van der Waals surface area (Å²) < 4.78 is 5.91. The Kier molecular flexibility index (Phi) is 3.94. The van der Waals surface area contributed by atoms with Crippen molar-refractivity contribution in [3.8, 4) is 11.5 Å². The zero-order valence-electron chi connectivity index (χ0n) is 12.8. The smallest absolute Gasteiger partial charge is 0.271 e. The van der Waals surface area contributed by atoms with E-state index in [0.29, 0.717) is 24.3 Å². The maximum absolute atomic E-state index is 12.9. The number of phenolic OH excluding ortho intramolecular Hbond substituents is 1. The van der Waals surface area contributed by atoms with Crippen molar-refractivity contribution in [3.05, 3.63) is 18.2 Å². The molecule has 5 nitrogen and oxygen atoms in total. The molecule has 21 heavy (non-hydrogen) atoms. The maximum Gasteiger partial charge on any atom is 0.271 e. The van der Waals surface area contributed by atoms with Crippen LogP contribution >= 0.6 is 0 Å². The topological polar surface area (TPSA) is 66.8 Å². The lowest BCUT2D eigenvalue weighted by Crippen LogP contribution is -2.59.